The molecule has 0 aliphatic rings. The third-order valence-electron chi connectivity index (χ3n) is 1.71. The lowest BCUT2D eigenvalue weighted by Gasteiger charge is -2.11. The van der Waals surface area contributed by atoms with Gasteiger partial charge in [0.05, 0.1) is 19.8 Å². The lowest BCUT2D eigenvalue weighted by Crippen LogP contribution is -2.39. The number of aliphatic carboxylic acids is 1. The zero-order valence-electron chi connectivity index (χ0n) is 9.39. The van der Waals surface area contributed by atoms with Crippen molar-refractivity contribution in [2.24, 2.45) is 0 Å². The van der Waals surface area contributed by atoms with Crippen molar-refractivity contribution in [1.82, 2.24) is 5.32 Å². The normalized spacial score (nSPS) is 12.1. The zero-order valence-corrected chi connectivity index (χ0v) is 9.39. The predicted octanol–water partition coefficient (Wildman–Crippen LogP) is -1.13. The maximum absolute atomic E-state index is 11.1. The second-order valence-corrected chi connectivity index (χ2v) is 2.91. The van der Waals surface area contributed by atoms with Crippen LogP contribution in [0.1, 0.15) is 0 Å². The van der Waals surface area contributed by atoms with Crippen molar-refractivity contribution in [1.29, 1.82) is 0 Å². The standard InChI is InChI=1S/C9H17NO6/c1-14-3-4-16-6-8(11)10-5-7(15-2)9(12)13/h7H,3-6H2,1-2H3,(H,10,11)(H,12,13). The Labute approximate surface area is 93.7 Å². The number of hydrogen-bond donors (Lipinski definition) is 2. The number of methoxy groups -OCH3 is 2. The highest BCUT2D eigenvalue weighted by molar-refractivity contribution is 5.78. The molecule has 1 atom stereocenters. The van der Waals surface area contributed by atoms with Gasteiger partial charge in [-0.25, -0.2) is 4.79 Å². The summed E-state index contributed by atoms with van der Waals surface area (Å²) in [7, 11) is 2.79. The molecule has 94 valence electrons. The molecular formula is C9H17NO6. The van der Waals surface area contributed by atoms with E-state index < -0.39 is 12.1 Å². The van der Waals surface area contributed by atoms with Crippen LogP contribution in [-0.2, 0) is 23.8 Å². The lowest BCUT2D eigenvalue weighted by molar-refractivity contribution is -0.148. The van der Waals surface area contributed by atoms with E-state index in [1.54, 1.807) is 0 Å². The molecule has 0 fully saturated rings. The summed E-state index contributed by atoms with van der Waals surface area (Å²) in [6.45, 7) is 0.511. The number of carbonyl (C=O) groups excluding carboxylic acids is 1. The topological polar surface area (TPSA) is 94.1 Å². The second kappa shape index (κ2) is 9.08. The van der Waals surface area contributed by atoms with Crippen molar-refractivity contribution in [3.05, 3.63) is 0 Å². The number of amides is 1. The number of carbonyl (C=O) groups is 2. The van der Waals surface area contributed by atoms with E-state index in [4.69, 9.17) is 14.6 Å². The van der Waals surface area contributed by atoms with Gasteiger partial charge in [-0.2, -0.15) is 0 Å². The first-order valence-electron chi connectivity index (χ1n) is 4.70. The first-order valence-corrected chi connectivity index (χ1v) is 4.70. The average Bonchev–Trinajstić information content (AvgIpc) is 2.25. The Kier molecular flexibility index (Phi) is 8.41. The molecule has 0 spiro atoms. The highest BCUT2D eigenvalue weighted by atomic mass is 16.5. The van der Waals surface area contributed by atoms with Crippen LogP contribution in [0.3, 0.4) is 0 Å². The summed E-state index contributed by atoms with van der Waals surface area (Å²) in [5.41, 5.74) is 0. The first-order chi connectivity index (χ1) is 7.61. The summed E-state index contributed by atoms with van der Waals surface area (Å²) < 4.78 is 14.3. The monoisotopic (exact) mass is 235 g/mol. The smallest absolute Gasteiger partial charge is 0.334 e. The molecule has 7 nitrogen and oxygen atoms in total. The Hall–Kier alpha value is -1.18. The average molecular weight is 235 g/mol. The minimum atomic E-state index is -1.12. The first kappa shape index (κ1) is 14.8. The molecule has 0 aliphatic heterocycles. The molecule has 2 N–H and O–H groups in total. The number of nitrogens with one attached hydrogen (secondary N) is 1. The molecule has 0 aromatic rings. The van der Waals surface area contributed by atoms with Crippen LogP contribution < -0.4 is 5.32 Å². The van der Waals surface area contributed by atoms with Gasteiger partial charge in [0.25, 0.3) is 0 Å². The van der Waals surface area contributed by atoms with Crippen LogP contribution in [0.4, 0.5) is 0 Å². The summed E-state index contributed by atoms with van der Waals surface area (Å²) in [6, 6.07) is 0. The van der Waals surface area contributed by atoms with Gasteiger partial charge in [-0.3, -0.25) is 4.79 Å². The number of rotatable bonds is 9. The van der Waals surface area contributed by atoms with Crippen LogP contribution in [0.5, 0.6) is 0 Å². The minimum absolute atomic E-state index is 0.0850. The quantitative estimate of drug-likeness (QED) is 0.491. The molecule has 16 heavy (non-hydrogen) atoms. The van der Waals surface area contributed by atoms with E-state index in [0.717, 1.165) is 0 Å². The van der Waals surface area contributed by atoms with Gasteiger partial charge < -0.3 is 24.6 Å². The van der Waals surface area contributed by atoms with Crippen LogP contribution in [0.25, 0.3) is 0 Å². The third-order valence-corrected chi connectivity index (χ3v) is 1.71. The molecular weight excluding hydrogens is 218 g/mol. The predicted molar refractivity (Wildman–Crippen MR) is 54.1 cm³/mol. The van der Waals surface area contributed by atoms with Crippen molar-refractivity contribution >= 4 is 11.9 Å². The molecule has 1 amide bonds. The van der Waals surface area contributed by atoms with E-state index in [-0.39, 0.29) is 19.1 Å². The molecule has 0 aliphatic carbocycles. The molecule has 0 heterocycles. The second-order valence-electron chi connectivity index (χ2n) is 2.91. The Balaban J connectivity index is 3.59. The molecule has 0 rings (SSSR count). The van der Waals surface area contributed by atoms with E-state index in [2.05, 4.69) is 10.1 Å². The van der Waals surface area contributed by atoms with Crippen molar-refractivity contribution in [3.63, 3.8) is 0 Å². The van der Waals surface area contributed by atoms with Gasteiger partial charge >= 0.3 is 5.97 Å². The molecule has 7 heteroatoms. The molecule has 0 saturated heterocycles. The van der Waals surface area contributed by atoms with Crippen LogP contribution in [0.15, 0.2) is 0 Å². The molecule has 0 aromatic carbocycles. The summed E-state index contributed by atoms with van der Waals surface area (Å²) in [5.74, 6) is -1.51. The highest BCUT2D eigenvalue weighted by Crippen LogP contribution is 1.87. The summed E-state index contributed by atoms with van der Waals surface area (Å²) in [6.07, 6.45) is -1.04. The van der Waals surface area contributed by atoms with E-state index >= 15 is 0 Å². The van der Waals surface area contributed by atoms with Crippen LogP contribution in [0, 0.1) is 0 Å². The van der Waals surface area contributed by atoms with E-state index in [0.29, 0.717) is 13.2 Å². The van der Waals surface area contributed by atoms with E-state index in [1.165, 1.54) is 14.2 Å². The van der Waals surface area contributed by atoms with Crippen LogP contribution in [-0.4, -0.2) is 63.7 Å². The molecule has 0 bridgehead atoms. The SMILES string of the molecule is COCCOCC(=O)NCC(OC)C(=O)O. The molecule has 0 radical (unpaired) electrons. The fourth-order valence-electron chi connectivity index (χ4n) is 0.836. The Morgan fingerprint density at radius 1 is 1.31 bits per heavy atom. The highest BCUT2D eigenvalue weighted by Gasteiger charge is 2.16. The third kappa shape index (κ3) is 7.16. The largest absolute Gasteiger partial charge is 0.479 e. The fraction of sp³-hybridized carbons (Fsp3) is 0.778. The Morgan fingerprint density at radius 3 is 2.50 bits per heavy atom. The van der Waals surface area contributed by atoms with Gasteiger partial charge in [-0.1, -0.05) is 0 Å². The van der Waals surface area contributed by atoms with Crippen LogP contribution >= 0.6 is 0 Å². The zero-order chi connectivity index (χ0) is 12.4. The van der Waals surface area contributed by atoms with Crippen molar-refractivity contribution < 1.29 is 28.9 Å². The lowest BCUT2D eigenvalue weighted by atomic mass is 10.3. The summed E-state index contributed by atoms with van der Waals surface area (Å²) in [4.78, 5) is 21.6. The Morgan fingerprint density at radius 2 is 2.00 bits per heavy atom. The maximum atomic E-state index is 11.1. The fourth-order valence-corrected chi connectivity index (χ4v) is 0.836. The van der Waals surface area contributed by atoms with Crippen molar-refractivity contribution in [2.45, 2.75) is 6.10 Å². The summed E-state index contributed by atoms with van der Waals surface area (Å²) in [5, 5.41) is 11.0. The van der Waals surface area contributed by atoms with E-state index in [1.807, 2.05) is 0 Å². The van der Waals surface area contributed by atoms with Gasteiger partial charge in [-0.05, 0) is 0 Å². The molecule has 0 aromatic heterocycles. The van der Waals surface area contributed by atoms with Gasteiger partial charge in [0.2, 0.25) is 5.91 Å². The number of ether oxygens (including phenoxy) is 3. The van der Waals surface area contributed by atoms with Crippen LogP contribution in [0.2, 0.25) is 0 Å². The van der Waals surface area contributed by atoms with Gasteiger partial charge in [0, 0.05) is 14.2 Å². The van der Waals surface area contributed by atoms with Gasteiger partial charge in [0.15, 0.2) is 6.10 Å². The Bertz CT molecular complexity index is 220. The van der Waals surface area contributed by atoms with Gasteiger partial charge in [-0.15, -0.1) is 0 Å². The summed E-state index contributed by atoms with van der Waals surface area (Å²) >= 11 is 0. The molecule has 1 unspecified atom stereocenters. The van der Waals surface area contributed by atoms with Crippen molar-refractivity contribution in [3.8, 4) is 0 Å². The maximum Gasteiger partial charge on any atom is 0.334 e. The minimum Gasteiger partial charge on any atom is -0.479 e. The number of carboxylic acids is 1. The van der Waals surface area contributed by atoms with E-state index in [9.17, 15) is 9.59 Å². The number of carboxylic acid groups (broad SMARTS) is 1. The van der Waals surface area contributed by atoms with Gasteiger partial charge in [0.1, 0.15) is 6.61 Å². The molecule has 0 saturated carbocycles. The number of hydrogen-bond acceptors (Lipinski definition) is 5. The van der Waals surface area contributed by atoms with Crippen molar-refractivity contribution in [2.75, 3.05) is 40.6 Å².